The third kappa shape index (κ3) is 2.65. The summed E-state index contributed by atoms with van der Waals surface area (Å²) in [6.07, 6.45) is 4.22. The average molecular weight is 385 g/mol. The molecule has 1 saturated heterocycles. The van der Waals surface area contributed by atoms with Gasteiger partial charge in [-0.15, -0.1) is 0 Å². The van der Waals surface area contributed by atoms with Gasteiger partial charge in [0.25, 0.3) is 11.8 Å². The van der Waals surface area contributed by atoms with Gasteiger partial charge in [-0.3, -0.25) is 9.78 Å². The van der Waals surface area contributed by atoms with Crippen LogP contribution in [-0.2, 0) is 0 Å². The van der Waals surface area contributed by atoms with Gasteiger partial charge in [-0.25, -0.2) is 23.1 Å². The topological polar surface area (TPSA) is 71.0 Å². The maximum atomic E-state index is 13.8. The summed E-state index contributed by atoms with van der Waals surface area (Å²) in [6, 6.07) is 5.89. The van der Waals surface area contributed by atoms with Crippen molar-refractivity contribution >= 4 is 28.3 Å². The Morgan fingerprint density at radius 1 is 1.14 bits per heavy atom. The van der Waals surface area contributed by atoms with Crippen LogP contribution in [0.4, 0.5) is 24.7 Å². The molecule has 2 atom stereocenters. The van der Waals surface area contributed by atoms with E-state index in [0.717, 1.165) is 0 Å². The molecular formula is C19H14F3N5O. The van der Waals surface area contributed by atoms with Gasteiger partial charge < -0.3 is 10.2 Å². The highest BCUT2D eigenvalue weighted by Crippen LogP contribution is 2.59. The van der Waals surface area contributed by atoms with Crippen LogP contribution in [0.5, 0.6) is 0 Å². The zero-order valence-corrected chi connectivity index (χ0v) is 14.4. The fourth-order valence-corrected chi connectivity index (χ4v) is 3.73. The van der Waals surface area contributed by atoms with E-state index in [9.17, 15) is 18.0 Å². The summed E-state index contributed by atoms with van der Waals surface area (Å²) in [7, 11) is 0. The lowest BCUT2D eigenvalue weighted by molar-refractivity contribution is 0.0797. The first-order valence-electron chi connectivity index (χ1n) is 8.74. The Hall–Kier alpha value is -3.23. The zero-order chi connectivity index (χ0) is 19.5. The van der Waals surface area contributed by atoms with Crippen molar-refractivity contribution in [1.29, 1.82) is 0 Å². The van der Waals surface area contributed by atoms with E-state index in [1.807, 2.05) is 0 Å². The Kier molecular flexibility index (Phi) is 3.55. The molecule has 3 aromatic rings. The SMILES string of the molecule is O=C(Nc1cc(F)cc2cccnc12)c1cnc(N2CC3C(C2)C3(F)F)cn1. The van der Waals surface area contributed by atoms with Crippen molar-refractivity contribution in [3.05, 3.63) is 54.4 Å². The molecule has 0 spiro atoms. The number of pyridine rings is 1. The van der Waals surface area contributed by atoms with Crippen molar-refractivity contribution in [1.82, 2.24) is 15.0 Å². The number of piperidine rings is 1. The molecule has 0 radical (unpaired) electrons. The van der Waals surface area contributed by atoms with Crippen LogP contribution in [-0.4, -0.2) is 39.9 Å². The van der Waals surface area contributed by atoms with Crippen molar-refractivity contribution in [3.63, 3.8) is 0 Å². The number of carbonyl (C=O) groups excluding carboxylic acids is 1. The van der Waals surface area contributed by atoms with Gasteiger partial charge in [-0.05, 0) is 18.2 Å². The summed E-state index contributed by atoms with van der Waals surface area (Å²) in [5, 5.41) is 3.16. The number of hydrogen-bond donors (Lipinski definition) is 1. The lowest BCUT2D eigenvalue weighted by Crippen LogP contribution is -2.28. The Labute approximate surface area is 157 Å². The van der Waals surface area contributed by atoms with E-state index < -0.39 is 29.5 Å². The van der Waals surface area contributed by atoms with E-state index in [1.54, 1.807) is 23.2 Å². The molecule has 1 aliphatic carbocycles. The number of rotatable bonds is 3. The van der Waals surface area contributed by atoms with Crippen LogP contribution >= 0.6 is 0 Å². The Bertz CT molecular complexity index is 1070. The molecule has 1 aromatic carbocycles. The molecule has 1 aliphatic heterocycles. The van der Waals surface area contributed by atoms with Crippen LogP contribution in [0.15, 0.2) is 42.9 Å². The fourth-order valence-electron chi connectivity index (χ4n) is 3.73. The molecule has 28 heavy (non-hydrogen) atoms. The molecule has 2 unspecified atom stereocenters. The van der Waals surface area contributed by atoms with E-state index in [2.05, 4.69) is 20.3 Å². The molecule has 2 fully saturated rings. The summed E-state index contributed by atoms with van der Waals surface area (Å²) >= 11 is 0. The predicted octanol–water partition coefficient (Wildman–Crippen LogP) is 3.12. The molecule has 9 heteroatoms. The number of halogens is 3. The zero-order valence-electron chi connectivity index (χ0n) is 14.4. The summed E-state index contributed by atoms with van der Waals surface area (Å²) < 4.78 is 40.4. The molecule has 6 nitrogen and oxygen atoms in total. The van der Waals surface area contributed by atoms with E-state index in [4.69, 9.17) is 0 Å². The lowest BCUT2D eigenvalue weighted by atomic mass is 10.2. The van der Waals surface area contributed by atoms with Crippen LogP contribution in [0, 0.1) is 17.7 Å². The van der Waals surface area contributed by atoms with Crippen molar-refractivity contribution < 1.29 is 18.0 Å². The van der Waals surface area contributed by atoms with E-state index >= 15 is 0 Å². The van der Waals surface area contributed by atoms with Gasteiger partial charge in [0.2, 0.25) is 0 Å². The minimum Gasteiger partial charge on any atom is -0.354 e. The molecule has 142 valence electrons. The third-order valence-electron chi connectivity index (χ3n) is 5.31. The van der Waals surface area contributed by atoms with Gasteiger partial charge >= 0.3 is 0 Å². The first-order valence-corrected chi connectivity index (χ1v) is 8.74. The van der Waals surface area contributed by atoms with Crippen molar-refractivity contribution in [2.45, 2.75) is 5.92 Å². The van der Waals surface area contributed by atoms with Gasteiger partial charge in [-0.1, -0.05) is 6.07 Å². The number of nitrogens with zero attached hydrogens (tertiary/aromatic N) is 4. The number of aromatic nitrogens is 3. The number of benzene rings is 1. The lowest BCUT2D eigenvalue weighted by Gasteiger charge is -2.20. The van der Waals surface area contributed by atoms with Crippen LogP contribution < -0.4 is 10.2 Å². The molecule has 5 rings (SSSR count). The molecule has 1 N–H and O–H groups in total. The van der Waals surface area contributed by atoms with E-state index in [0.29, 0.717) is 16.7 Å². The van der Waals surface area contributed by atoms with Crippen molar-refractivity contribution in [2.75, 3.05) is 23.3 Å². The summed E-state index contributed by atoms with van der Waals surface area (Å²) in [5.74, 6) is -4.41. The standard InChI is InChI=1S/C19H14F3N5O/c20-11-4-10-2-1-3-23-17(10)14(5-11)26-18(28)15-6-25-16(7-24-15)27-8-12-13(9-27)19(12,21)22/h1-7,12-13H,8-9H2,(H,26,28). The summed E-state index contributed by atoms with van der Waals surface area (Å²) in [4.78, 5) is 26.6. The minimum absolute atomic E-state index is 0.0341. The van der Waals surface area contributed by atoms with E-state index in [1.165, 1.54) is 24.5 Å². The average Bonchev–Trinajstić information content (AvgIpc) is 3.03. The Morgan fingerprint density at radius 2 is 1.93 bits per heavy atom. The van der Waals surface area contributed by atoms with Gasteiger partial charge in [0.1, 0.15) is 17.3 Å². The quantitative estimate of drug-likeness (QED) is 0.750. The number of carbonyl (C=O) groups is 1. The molecule has 2 aliphatic rings. The number of alkyl halides is 2. The maximum Gasteiger partial charge on any atom is 0.275 e. The van der Waals surface area contributed by atoms with Crippen LogP contribution in [0.1, 0.15) is 10.5 Å². The minimum atomic E-state index is -2.56. The smallest absolute Gasteiger partial charge is 0.275 e. The largest absolute Gasteiger partial charge is 0.354 e. The van der Waals surface area contributed by atoms with Crippen LogP contribution in [0.25, 0.3) is 10.9 Å². The number of nitrogens with one attached hydrogen (secondary N) is 1. The van der Waals surface area contributed by atoms with Gasteiger partial charge in [0.05, 0.1) is 35.4 Å². The molecule has 0 bridgehead atoms. The normalized spacial score (nSPS) is 22.2. The predicted molar refractivity (Wildman–Crippen MR) is 95.8 cm³/mol. The highest BCUT2D eigenvalue weighted by atomic mass is 19.3. The van der Waals surface area contributed by atoms with Crippen molar-refractivity contribution in [2.24, 2.45) is 11.8 Å². The number of anilines is 2. The first kappa shape index (κ1) is 16.9. The molecule has 1 saturated carbocycles. The number of fused-ring (bicyclic) bond motifs is 2. The van der Waals surface area contributed by atoms with Crippen LogP contribution in [0.3, 0.4) is 0 Å². The Morgan fingerprint density at radius 3 is 2.64 bits per heavy atom. The number of amides is 1. The Balaban J connectivity index is 1.33. The second-order valence-electron chi connectivity index (χ2n) is 7.03. The first-order chi connectivity index (χ1) is 13.4. The fraction of sp³-hybridized carbons (Fsp3) is 0.263. The highest BCUT2D eigenvalue weighted by molar-refractivity contribution is 6.07. The van der Waals surface area contributed by atoms with E-state index in [-0.39, 0.29) is 24.5 Å². The van der Waals surface area contributed by atoms with Gasteiger partial charge in [-0.2, -0.15) is 0 Å². The van der Waals surface area contributed by atoms with Crippen molar-refractivity contribution in [3.8, 4) is 0 Å². The highest BCUT2D eigenvalue weighted by Gasteiger charge is 2.71. The summed E-state index contributed by atoms with van der Waals surface area (Å²) in [6.45, 7) is 0.470. The third-order valence-corrected chi connectivity index (χ3v) is 5.31. The summed E-state index contributed by atoms with van der Waals surface area (Å²) in [5.41, 5.74) is 0.721. The second kappa shape index (κ2) is 5.88. The molecule has 1 amide bonds. The van der Waals surface area contributed by atoms with Gasteiger partial charge in [0.15, 0.2) is 0 Å². The van der Waals surface area contributed by atoms with Crippen LogP contribution in [0.2, 0.25) is 0 Å². The molecular weight excluding hydrogens is 371 g/mol. The number of hydrogen-bond acceptors (Lipinski definition) is 5. The maximum absolute atomic E-state index is 13.8. The monoisotopic (exact) mass is 385 g/mol. The molecule has 3 heterocycles. The molecule has 2 aromatic heterocycles. The second-order valence-corrected chi connectivity index (χ2v) is 7.03. The van der Waals surface area contributed by atoms with Gasteiger partial charge in [0, 0.05) is 24.7 Å².